The lowest BCUT2D eigenvalue weighted by molar-refractivity contribution is -0.0259. The molecule has 2 fully saturated rings. The van der Waals surface area contributed by atoms with Gasteiger partial charge in [0.05, 0.1) is 6.61 Å². The Labute approximate surface area is 148 Å². The second-order valence-electron chi connectivity index (χ2n) is 7.12. The molecule has 0 saturated carbocycles. The summed E-state index contributed by atoms with van der Waals surface area (Å²) in [6.45, 7) is 3.12. The van der Waals surface area contributed by atoms with Crippen LogP contribution in [0.5, 0.6) is 0 Å². The van der Waals surface area contributed by atoms with E-state index in [-0.39, 0.29) is 11.9 Å². The number of hydrogen-bond donors (Lipinski definition) is 1. The first-order valence-corrected chi connectivity index (χ1v) is 9.26. The Morgan fingerprint density at radius 2 is 1.68 bits per heavy atom. The molecule has 0 bridgehead atoms. The average molecular weight is 339 g/mol. The minimum absolute atomic E-state index is 0.0229. The quantitative estimate of drug-likeness (QED) is 0.932. The molecule has 4 nitrogen and oxygen atoms in total. The highest BCUT2D eigenvalue weighted by molar-refractivity contribution is 5.98. The fourth-order valence-corrected chi connectivity index (χ4v) is 4.13. The van der Waals surface area contributed by atoms with Crippen molar-refractivity contribution >= 4 is 16.7 Å². The number of hydrogen-bond acceptors (Lipinski definition) is 3. The van der Waals surface area contributed by atoms with Crippen LogP contribution >= 0.6 is 0 Å². The minimum atomic E-state index is 0.0229. The zero-order chi connectivity index (χ0) is 17.1. The van der Waals surface area contributed by atoms with Crippen molar-refractivity contribution in [2.75, 3.05) is 26.4 Å². The maximum Gasteiger partial charge on any atom is 0.251 e. The normalized spacial score (nSPS) is 25.0. The van der Waals surface area contributed by atoms with Gasteiger partial charge in [-0.25, -0.2) is 0 Å². The fourth-order valence-electron chi connectivity index (χ4n) is 4.13. The highest BCUT2D eigenvalue weighted by Gasteiger charge is 2.34. The van der Waals surface area contributed by atoms with Crippen LogP contribution < -0.4 is 5.32 Å². The number of fused-ring (bicyclic) bond motifs is 1. The van der Waals surface area contributed by atoms with Crippen molar-refractivity contribution < 1.29 is 14.3 Å². The summed E-state index contributed by atoms with van der Waals surface area (Å²) in [7, 11) is 0. The Morgan fingerprint density at radius 1 is 0.920 bits per heavy atom. The van der Waals surface area contributed by atoms with Gasteiger partial charge in [0, 0.05) is 37.3 Å². The molecule has 2 atom stereocenters. The van der Waals surface area contributed by atoms with Gasteiger partial charge in [-0.3, -0.25) is 4.79 Å². The van der Waals surface area contributed by atoms with E-state index in [4.69, 9.17) is 9.47 Å². The summed E-state index contributed by atoms with van der Waals surface area (Å²) in [4.78, 5) is 12.8. The molecule has 2 aliphatic rings. The second-order valence-corrected chi connectivity index (χ2v) is 7.12. The largest absolute Gasteiger partial charge is 0.381 e. The predicted octanol–water partition coefficient (Wildman–Crippen LogP) is 3.40. The van der Waals surface area contributed by atoms with E-state index in [0.717, 1.165) is 62.0 Å². The van der Waals surface area contributed by atoms with Gasteiger partial charge in [0.2, 0.25) is 0 Å². The summed E-state index contributed by atoms with van der Waals surface area (Å²) >= 11 is 0. The number of ether oxygens (including phenoxy) is 2. The molecule has 0 aromatic heterocycles. The van der Waals surface area contributed by atoms with Crippen LogP contribution in [0.25, 0.3) is 10.8 Å². The molecule has 0 unspecified atom stereocenters. The maximum atomic E-state index is 12.8. The molecule has 2 heterocycles. The van der Waals surface area contributed by atoms with Crippen molar-refractivity contribution in [2.24, 2.45) is 11.8 Å². The predicted molar refractivity (Wildman–Crippen MR) is 97.7 cm³/mol. The van der Waals surface area contributed by atoms with E-state index < -0.39 is 0 Å². The third kappa shape index (κ3) is 3.70. The maximum absolute atomic E-state index is 12.8. The zero-order valence-corrected chi connectivity index (χ0v) is 14.4. The topological polar surface area (TPSA) is 47.6 Å². The number of benzene rings is 2. The molecule has 2 aromatic carbocycles. The van der Waals surface area contributed by atoms with Crippen LogP contribution in [0.1, 0.15) is 29.6 Å². The van der Waals surface area contributed by atoms with Gasteiger partial charge in [0.25, 0.3) is 5.91 Å². The van der Waals surface area contributed by atoms with Crippen molar-refractivity contribution in [3.63, 3.8) is 0 Å². The first kappa shape index (κ1) is 16.6. The summed E-state index contributed by atoms with van der Waals surface area (Å²) in [5.74, 6) is 0.993. The molecule has 4 rings (SSSR count). The molecule has 0 radical (unpaired) electrons. The molecule has 4 heteroatoms. The van der Waals surface area contributed by atoms with Gasteiger partial charge in [-0.15, -0.1) is 0 Å². The SMILES string of the molecule is O=C(N[C@H]1CCOC[C@H]1C1CCOCC1)c1ccc2ccccc2c1. The average Bonchev–Trinajstić information content (AvgIpc) is 2.68. The fraction of sp³-hybridized carbons (Fsp3) is 0.476. The molecule has 132 valence electrons. The molecule has 0 aliphatic carbocycles. The van der Waals surface area contributed by atoms with Crippen LogP contribution in [0.3, 0.4) is 0 Å². The molecule has 2 saturated heterocycles. The molecule has 1 amide bonds. The number of carbonyl (C=O) groups excluding carboxylic acids is 1. The summed E-state index contributed by atoms with van der Waals surface area (Å²) in [6.07, 6.45) is 3.02. The second kappa shape index (κ2) is 7.54. The first-order valence-electron chi connectivity index (χ1n) is 9.26. The summed E-state index contributed by atoms with van der Waals surface area (Å²) in [5, 5.41) is 5.55. The zero-order valence-electron chi connectivity index (χ0n) is 14.4. The van der Waals surface area contributed by atoms with Gasteiger partial charge in [-0.2, -0.15) is 0 Å². The van der Waals surface area contributed by atoms with E-state index in [1.54, 1.807) is 0 Å². The number of carbonyl (C=O) groups is 1. The number of amides is 1. The van der Waals surface area contributed by atoms with Crippen LogP contribution in [-0.2, 0) is 9.47 Å². The van der Waals surface area contributed by atoms with Crippen LogP contribution in [0.15, 0.2) is 42.5 Å². The van der Waals surface area contributed by atoms with Crippen molar-refractivity contribution in [3.05, 3.63) is 48.0 Å². The van der Waals surface area contributed by atoms with E-state index in [9.17, 15) is 4.79 Å². The van der Waals surface area contributed by atoms with Gasteiger partial charge in [0.1, 0.15) is 0 Å². The van der Waals surface area contributed by atoms with E-state index in [0.29, 0.717) is 11.8 Å². The third-order valence-electron chi connectivity index (χ3n) is 5.60. The van der Waals surface area contributed by atoms with Gasteiger partial charge < -0.3 is 14.8 Å². The summed E-state index contributed by atoms with van der Waals surface area (Å²) < 4.78 is 11.2. The van der Waals surface area contributed by atoms with E-state index in [1.807, 2.05) is 36.4 Å². The van der Waals surface area contributed by atoms with Crippen LogP contribution in [0.4, 0.5) is 0 Å². The molecule has 0 spiro atoms. The third-order valence-corrected chi connectivity index (χ3v) is 5.60. The van der Waals surface area contributed by atoms with E-state index in [1.165, 1.54) is 0 Å². The minimum Gasteiger partial charge on any atom is -0.381 e. The van der Waals surface area contributed by atoms with Crippen molar-refractivity contribution in [2.45, 2.75) is 25.3 Å². The van der Waals surface area contributed by atoms with Crippen LogP contribution in [0, 0.1) is 11.8 Å². The number of nitrogens with one attached hydrogen (secondary N) is 1. The summed E-state index contributed by atoms with van der Waals surface area (Å²) in [5.41, 5.74) is 0.732. The lowest BCUT2D eigenvalue weighted by Crippen LogP contribution is -2.49. The Morgan fingerprint density at radius 3 is 2.52 bits per heavy atom. The molecule has 25 heavy (non-hydrogen) atoms. The lowest BCUT2D eigenvalue weighted by Gasteiger charge is -2.39. The van der Waals surface area contributed by atoms with Gasteiger partial charge in [-0.05, 0) is 48.1 Å². The highest BCUT2D eigenvalue weighted by atomic mass is 16.5. The van der Waals surface area contributed by atoms with Crippen molar-refractivity contribution in [1.29, 1.82) is 0 Å². The van der Waals surface area contributed by atoms with E-state index >= 15 is 0 Å². The van der Waals surface area contributed by atoms with Crippen LogP contribution in [0.2, 0.25) is 0 Å². The lowest BCUT2D eigenvalue weighted by atomic mass is 9.79. The van der Waals surface area contributed by atoms with Gasteiger partial charge in [-0.1, -0.05) is 30.3 Å². The Balaban J connectivity index is 1.49. The van der Waals surface area contributed by atoms with E-state index in [2.05, 4.69) is 11.4 Å². The molecule has 1 N–H and O–H groups in total. The molecule has 2 aromatic rings. The first-order chi connectivity index (χ1) is 12.3. The van der Waals surface area contributed by atoms with Gasteiger partial charge >= 0.3 is 0 Å². The highest BCUT2D eigenvalue weighted by Crippen LogP contribution is 2.30. The molecular weight excluding hydrogens is 314 g/mol. The Bertz CT molecular complexity index is 739. The van der Waals surface area contributed by atoms with Crippen molar-refractivity contribution in [3.8, 4) is 0 Å². The monoisotopic (exact) mass is 339 g/mol. The van der Waals surface area contributed by atoms with Crippen LogP contribution in [-0.4, -0.2) is 38.4 Å². The molecular formula is C21H25NO3. The standard InChI is InChI=1S/C21H25NO3/c23-21(18-6-5-15-3-1-2-4-17(15)13-18)22-20-9-12-25-14-19(20)16-7-10-24-11-8-16/h1-6,13,16,19-20H,7-12,14H2,(H,22,23)/t19-,20-/m0/s1. The number of rotatable bonds is 3. The smallest absolute Gasteiger partial charge is 0.251 e. The molecule has 2 aliphatic heterocycles. The van der Waals surface area contributed by atoms with Crippen molar-refractivity contribution in [1.82, 2.24) is 5.32 Å². The van der Waals surface area contributed by atoms with Gasteiger partial charge in [0.15, 0.2) is 0 Å². The Hall–Kier alpha value is -1.91. The summed E-state index contributed by atoms with van der Waals surface area (Å²) in [6, 6.07) is 14.2. The Kier molecular flexibility index (Phi) is 4.99.